The molecule has 1 aromatic heterocycles. The molecule has 0 fully saturated rings. The number of H-pyrrole nitrogens is 1. The van der Waals surface area contributed by atoms with E-state index in [1.807, 2.05) is 0 Å². The van der Waals surface area contributed by atoms with Crippen molar-refractivity contribution in [3.05, 3.63) is 23.9 Å². The van der Waals surface area contributed by atoms with Gasteiger partial charge in [-0.1, -0.05) is 0 Å². The highest BCUT2D eigenvalue weighted by molar-refractivity contribution is 5.95. The molecule has 0 aliphatic rings. The van der Waals surface area contributed by atoms with Gasteiger partial charge >= 0.3 is 0 Å². The molecule has 12 heavy (non-hydrogen) atoms. The van der Waals surface area contributed by atoms with Crippen molar-refractivity contribution in [2.24, 2.45) is 0 Å². The molecular weight excluding hydrogens is 154 g/mol. The minimum Gasteiger partial charge on any atom is -0.399 e. The lowest BCUT2D eigenvalue weighted by atomic mass is 10.2. The molecule has 0 bridgehead atoms. The number of nitrogens with zero attached hydrogens (tertiary/aromatic N) is 1. The summed E-state index contributed by atoms with van der Waals surface area (Å²) in [5, 5.41) is 7.34. The number of anilines is 1. The fourth-order valence-corrected chi connectivity index (χ4v) is 1.14. The normalized spacial score (nSPS) is 10.3. The fourth-order valence-electron chi connectivity index (χ4n) is 1.14. The SMILES string of the molecule is Nc1ccc2c(C=O)[nH]nc2c1. The number of hydrogen-bond acceptors (Lipinski definition) is 3. The second kappa shape index (κ2) is 2.34. The maximum absolute atomic E-state index is 10.5. The Balaban J connectivity index is 2.81. The van der Waals surface area contributed by atoms with Crippen LogP contribution >= 0.6 is 0 Å². The molecule has 0 aliphatic carbocycles. The van der Waals surface area contributed by atoms with Gasteiger partial charge < -0.3 is 5.73 Å². The predicted molar refractivity (Wildman–Crippen MR) is 45.9 cm³/mol. The van der Waals surface area contributed by atoms with Crippen LogP contribution in [0.3, 0.4) is 0 Å². The average molecular weight is 161 g/mol. The van der Waals surface area contributed by atoms with E-state index in [-0.39, 0.29) is 0 Å². The van der Waals surface area contributed by atoms with Crippen LogP contribution in [0.15, 0.2) is 18.2 Å². The molecule has 0 unspecified atom stereocenters. The standard InChI is InChI=1S/C8H7N3O/c9-5-1-2-6-7(3-5)10-11-8(6)4-12/h1-4H,9H2,(H,10,11). The molecule has 0 saturated heterocycles. The topological polar surface area (TPSA) is 71.8 Å². The minimum atomic E-state index is 0.491. The minimum absolute atomic E-state index is 0.491. The largest absolute Gasteiger partial charge is 0.399 e. The first-order valence-electron chi connectivity index (χ1n) is 3.50. The zero-order chi connectivity index (χ0) is 8.55. The van der Waals surface area contributed by atoms with Gasteiger partial charge in [0.25, 0.3) is 0 Å². The molecule has 0 aliphatic heterocycles. The summed E-state index contributed by atoms with van der Waals surface area (Å²) >= 11 is 0. The Morgan fingerprint density at radius 3 is 3.08 bits per heavy atom. The summed E-state index contributed by atoms with van der Waals surface area (Å²) in [6.07, 6.45) is 0.742. The summed E-state index contributed by atoms with van der Waals surface area (Å²) in [5.74, 6) is 0. The zero-order valence-electron chi connectivity index (χ0n) is 6.24. The molecule has 0 amide bonds. The van der Waals surface area contributed by atoms with Crippen molar-refractivity contribution in [3.8, 4) is 0 Å². The van der Waals surface area contributed by atoms with E-state index < -0.39 is 0 Å². The number of nitrogens with two attached hydrogens (primary N) is 1. The van der Waals surface area contributed by atoms with Crippen LogP contribution in [-0.4, -0.2) is 16.5 Å². The van der Waals surface area contributed by atoms with Gasteiger partial charge in [0.2, 0.25) is 0 Å². The first kappa shape index (κ1) is 6.84. The van der Waals surface area contributed by atoms with Gasteiger partial charge in [-0.25, -0.2) is 0 Å². The van der Waals surface area contributed by atoms with Crippen LogP contribution in [0, 0.1) is 0 Å². The Morgan fingerprint density at radius 2 is 2.33 bits per heavy atom. The Bertz CT molecular complexity index is 433. The molecule has 60 valence electrons. The van der Waals surface area contributed by atoms with Crippen LogP contribution in [-0.2, 0) is 0 Å². The van der Waals surface area contributed by atoms with Crippen molar-refractivity contribution in [1.29, 1.82) is 0 Å². The Labute approximate surface area is 68.4 Å². The Hall–Kier alpha value is -1.84. The molecule has 4 nitrogen and oxygen atoms in total. The van der Waals surface area contributed by atoms with Crippen LogP contribution in [0.2, 0.25) is 0 Å². The van der Waals surface area contributed by atoms with Crippen molar-refractivity contribution in [1.82, 2.24) is 10.2 Å². The molecule has 1 heterocycles. The molecule has 0 spiro atoms. The second-order valence-electron chi connectivity index (χ2n) is 2.53. The number of benzene rings is 1. The van der Waals surface area contributed by atoms with Crippen LogP contribution in [0.25, 0.3) is 10.9 Å². The summed E-state index contributed by atoms with van der Waals surface area (Å²) in [6, 6.07) is 5.24. The molecule has 0 saturated carbocycles. The van der Waals surface area contributed by atoms with Crippen LogP contribution in [0.1, 0.15) is 10.5 Å². The molecule has 2 rings (SSSR count). The molecule has 0 atom stereocenters. The van der Waals surface area contributed by atoms with Gasteiger partial charge in [-0.05, 0) is 18.2 Å². The first-order chi connectivity index (χ1) is 5.81. The lowest BCUT2D eigenvalue weighted by Gasteiger charge is -1.90. The molecule has 4 heteroatoms. The van der Waals surface area contributed by atoms with Crippen LogP contribution in [0.5, 0.6) is 0 Å². The number of rotatable bonds is 1. The van der Waals surface area contributed by atoms with Gasteiger partial charge in [0.05, 0.1) is 5.52 Å². The lowest BCUT2D eigenvalue weighted by molar-refractivity contribution is 0.112. The van der Waals surface area contributed by atoms with E-state index in [2.05, 4.69) is 10.2 Å². The van der Waals surface area contributed by atoms with E-state index in [9.17, 15) is 4.79 Å². The predicted octanol–water partition coefficient (Wildman–Crippen LogP) is 0.958. The maximum atomic E-state index is 10.5. The van der Waals surface area contributed by atoms with Crippen molar-refractivity contribution < 1.29 is 4.79 Å². The summed E-state index contributed by atoms with van der Waals surface area (Å²) < 4.78 is 0. The molecule has 1 aromatic carbocycles. The number of nitrogen functional groups attached to an aromatic ring is 1. The zero-order valence-corrected chi connectivity index (χ0v) is 6.24. The van der Waals surface area contributed by atoms with Crippen molar-refractivity contribution in [3.63, 3.8) is 0 Å². The monoisotopic (exact) mass is 161 g/mol. The third-order valence-corrected chi connectivity index (χ3v) is 1.73. The van der Waals surface area contributed by atoms with Crippen LogP contribution < -0.4 is 5.73 Å². The van der Waals surface area contributed by atoms with Gasteiger partial charge in [-0.15, -0.1) is 0 Å². The average Bonchev–Trinajstić information content (AvgIpc) is 2.46. The number of nitrogens with one attached hydrogen (secondary N) is 1. The van der Waals surface area contributed by atoms with E-state index in [1.54, 1.807) is 18.2 Å². The van der Waals surface area contributed by atoms with E-state index in [1.165, 1.54) is 0 Å². The number of aldehydes is 1. The van der Waals surface area contributed by atoms with Gasteiger partial charge in [0.1, 0.15) is 5.69 Å². The Kier molecular flexibility index (Phi) is 1.33. The summed E-state index contributed by atoms with van der Waals surface area (Å²) in [7, 11) is 0. The quantitative estimate of drug-likeness (QED) is 0.483. The van der Waals surface area contributed by atoms with Crippen molar-refractivity contribution in [2.45, 2.75) is 0 Å². The highest BCUT2D eigenvalue weighted by atomic mass is 16.1. The summed E-state index contributed by atoms with van der Waals surface area (Å²) in [5.41, 5.74) is 7.39. The molecule has 0 radical (unpaired) electrons. The van der Waals surface area contributed by atoms with Gasteiger partial charge in [0.15, 0.2) is 6.29 Å². The van der Waals surface area contributed by atoms with E-state index >= 15 is 0 Å². The number of aromatic amines is 1. The van der Waals surface area contributed by atoms with E-state index in [4.69, 9.17) is 5.73 Å². The van der Waals surface area contributed by atoms with Gasteiger partial charge in [0, 0.05) is 11.1 Å². The third-order valence-electron chi connectivity index (χ3n) is 1.73. The van der Waals surface area contributed by atoms with Crippen LogP contribution in [0.4, 0.5) is 5.69 Å². The first-order valence-corrected chi connectivity index (χ1v) is 3.50. The van der Waals surface area contributed by atoms with E-state index in [0.29, 0.717) is 11.4 Å². The fraction of sp³-hybridized carbons (Fsp3) is 0. The van der Waals surface area contributed by atoms with E-state index in [0.717, 1.165) is 17.2 Å². The Morgan fingerprint density at radius 1 is 1.50 bits per heavy atom. The number of carbonyl (C=O) groups excluding carboxylic acids is 1. The maximum Gasteiger partial charge on any atom is 0.168 e. The lowest BCUT2D eigenvalue weighted by Crippen LogP contribution is -1.83. The second-order valence-corrected chi connectivity index (χ2v) is 2.53. The smallest absolute Gasteiger partial charge is 0.168 e. The molecule has 2 aromatic rings. The highest BCUT2D eigenvalue weighted by Crippen LogP contribution is 2.16. The summed E-state index contributed by atoms with van der Waals surface area (Å²) in [6.45, 7) is 0. The summed E-state index contributed by atoms with van der Waals surface area (Å²) in [4.78, 5) is 10.5. The molecular formula is C8H7N3O. The third kappa shape index (κ3) is 0.852. The number of hydrogen-bond donors (Lipinski definition) is 2. The highest BCUT2D eigenvalue weighted by Gasteiger charge is 2.02. The molecule has 3 N–H and O–H groups in total. The van der Waals surface area contributed by atoms with Crippen molar-refractivity contribution >= 4 is 22.9 Å². The number of aromatic nitrogens is 2. The van der Waals surface area contributed by atoms with Gasteiger partial charge in [-0.2, -0.15) is 5.10 Å². The number of fused-ring (bicyclic) bond motifs is 1. The van der Waals surface area contributed by atoms with Crippen molar-refractivity contribution in [2.75, 3.05) is 5.73 Å². The number of carbonyl (C=O) groups is 1. The van der Waals surface area contributed by atoms with Gasteiger partial charge in [-0.3, -0.25) is 9.89 Å².